The van der Waals surface area contributed by atoms with E-state index in [1.54, 1.807) is 24.3 Å². The van der Waals surface area contributed by atoms with Crippen molar-refractivity contribution < 1.29 is 4.79 Å². The van der Waals surface area contributed by atoms with E-state index in [2.05, 4.69) is 0 Å². The molecular weight excluding hydrogens is 243 g/mol. The first-order valence-corrected chi connectivity index (χ1v) is 5.47. The van der Waals surface area contributed by atoms with Gasteiger partial charge in [-0.1, -0.05) is 47.5 Å². The van der Waals surface area contributed by atoms with Crippen LogP contribution in [-0.4, -0.2) is 6.29 Å². The maximum Gasteiger partial charge on any atom is 0.150 e. The van der Waals surface area contributed by atoms with E-state index >= 15 is 0 Å². The molecule has 2 aromatic rings. The number of halogens is 2. The van der Waals surface area contributed by atoms with Gasteiger partial charge in [0.1, 0.15) is 6.29 Å². The van der Waals surface area contributed by atoms with Crippen molar-refractivity contribution in [1.29, 1.82) is 0 Å². The maximum atomic E-state index is 10.7. The maximum absolute atomic E-state index is 10.7. The SMILES string of the molecule is O=Cc1cccc(-c2ccc(Cl)cc2Cl)c1. The van der Waals surface area contributed by atoms with E-state index in [0.717, 1.165) is 17.4 Å². The van der Waals surface area contributed by atoms with Gasteiger partial charge in [-0.2, -0.15) is 0 Å². The largest absolute Gasteiger partial charge is 0.298 e. The van der Waals surface area contributed by atoms with E-state index < -0.39 is 0 Å². The lowest BCUT2D eigenvalue weighted by Gasteiger charge is -2.05. The minimum Gasteiger partial charge on any atom is -0.298 e. The zero-order valence-electron chi connectivity index (χ0n) is 8.28. The molecule has 16 heavy (non-hydrogen) atoms. The quantitative estimate of drug-likeness (QED) is 0.719. The molecule has 0 saturated heterocycles. The van der Waals surface area contributed by atoms with Crippen molar-refractivity contribution in [3.63, 3.8) is 0 Å². The van der Waals surface area contributed by atoms with Gasteiger partial charge in [-0.15, -0.1) is 0 Å². The van der Waals surface area contributed by atoms with Gasteiger partial charge in [0, 0.05) is 21.2 Å². The van der Waals surface area contributed by atoms with E-state index in [1.165, 1.54) is 0 Å². The first kappa shape index (κ1) is 11.2. The summed E-state index contributed by atoms with van der Waals surface area (Å²) < 4.78 is 0. The van der Waals surface area contributed by atoms with Crippen LogP contribution in [0.4, 0.5) is 0 Å². The van der Waals surface area contributed by atoms with Crippen LogP contribution >= 0.6 is 23.2 Å². The number of hydrogen-bond acceptors (Lipinski definition) is 1. The second-order valence-electron chi connectivity index (χ2n) is 3.37. The third kappa shape index (κ3) is 2.26. The molecule has 0 aromatic heterocycles. The van der Waals surface area contributed by atoms with Gasteiger partial charge in [0.25, 0.3) is 0 Å². The van der Waals surface area contributed by atoms with E-state index in [-0.39, 0.29) is 0 Å². The Morgan fingerprint density at radius 3 is 2.50 bits per heavy atom. The Hall–Kier alpha value is -1.31. The number of rotatable bonds is 2. The fourth-order valence-corrected chi connectivity index (χ4v) is 2.02. The molecule has 0 unspecified atom stereocenters. The van der Waals surface area contributed by atoms with Gasteiger partial charge in [-0.05, 0) is 23.8 Å². The van der Waals surface area contributed by atoms with Crippen molar-refractivity contribution in [3.05, 3.63) is 58.1 Å². The normalized spacial score (nSPS) is 10.1. The van der Waals surface area contributed by atoms with Crippen molar-refractivity contribution in [1.82, 2.24) is 0 Å². The van der Waals surface area contributed by atoms with Crippen molar-refractivity contribution in [2.75, 3.05) is 0 Å². The van der Waals surface area contributed by atoms with Crippen molar-refractivity contribution in [3.8, 4) is 11.1 Å². The molecule has 0 atom stereocenters. The van der Waals surface area contributed by atoms with Gasteiger partial charge < -0.3 is 0 Å². The summed E-state index contributed by atoms with van der Waals surface area (Å²) in [6, 6.07) is 12.6. The number of carbonyl (C=O) groups is 1. The van der Waals surface area contributed by atoms with Crippen LogP contribution in [0.3, 0.4) is 0 Å². The lowest BCUT2D eigenvalue weighted by molar-refractivity contribution is 0.112. The Kier molecular flexibility index (Phi) is 3.28. The Morgan fingerprint density at radius 1 is 1.00 bits per heavy atom. The second-order valence-corrected chi connectivity index (χ2v) is 4.21. The van der Waals surface area contributed by atoms with Crippen LogP contribution in [0.5, 0.6) is 0 Å². The molecule has 80 valence electrons. The number of carbonyl (C=O) groups excluding carboxylic acids is 1. The predicted molar refractivity (Wildman–Crippen MR) is 67.3 cm³/mol. The van der Waals surface area contributed by atoms with E-state index in [9.17, 15) is 4.79 Å². The molecule has 3 heteroatoms. The first-order valence-electron chi connectivity index (χ1n) is 4.71. The Balaban J connectivity index is 2.53. The highest BCUT2D eigenvalue weighted by molar-refractivity contribution is 6.36. The number of hydrogen-bond donors (Lipinski definition) is 0. The summed E-state index contributed by atoms with van der Waals surface area (Å²) in [6.07, 6.45) is 0.813. The highest BCUT2D eigenvalue weighted by Crippen LogP contribution is 2.30. The van der Waals surface area contributed by atoms with Crippen LogP contribution in [0.15, 0.2) is 42.5 Å². The molecule has 0 heterocycles. The summed E-state index contributed by atoms with van der Waals surface area (Å²) in [4.78, 5) is 10.7. The molecule has 0 amide bonds. The first-order chi connectivity index (χ1) is 7.70. The highest BCUT2D eigenvalue weighted by Gasteiger charge is 2.04. The second kappa shape index (κ2) is 4.69. The molecular formula is C13H8Cl2O. The summed E-state index contributed by atoms with van der Waals surface area (Å²) in [7, 11) is 0. The molecule has 0 radical (unpaired) electrons. The summed E-state index contributed by atoms with van der Waals surface area (Å²) in [5.74, 6) is 0. The van der Waals surface area contributed by atoms with Crippen LogP contribution in [0.25, 0.3) is 11.1 Å². The molecule has 0 aliphatic carbocycles. The molecule has 0 spiro atoms. The third-order valence-electron chi connectivity index (χ3n) is 2.26. The van der Waals surface area contributed by atoms with Gasteiger partial charge >= 0.3 is 0 Å². The molecule has 0 saturated carbocycles. The monoisotopic (exact) mass is 250 g/mol. The van der Waals surface area contributed by atoms with Crippen LogP contribution in [-0.2, 0) is 0 Å². The average molecular weight is 251 g/mol. The molecule has 0 N–H and O–H groups in total. The predicted octanol–water partition coefficient (Wildman–Crippen LogP) is 4.47. The van der Waals surface area contributed by atoms with Crippen LogP contribution in [0.2, 0.25) is 10.0 Å². The summed E-state index contributed by atoms with van der Waals surface area (Å²) >= 11 is 11.9. The zero-order chi connectivity index (χ0) is 11.5. The Labute approximate surface area is 104 Å². The van der Waals surface area contributed by atoms with Gasteiger partial charge in [-0.3, -0.25) is 4.79 Å². The van der Waals surface area contributed by atoms with Gasteiger partial charge in [0.2, 0.25) is 0 Å². The molecule has 0 aliphatic rings. The third-order valence-corrected chi connectivity index (χ3v) is 2.81. The zero-order valence-corrected chi connectivity index (χ0v) is 9.79. The minimum atomic E-state index is 0.579. The van der Waals surface area contributed by atoms with Crippen molar-refractivity contribution in [2.45, 2.75) is 0 Å². The van der Waals surface area contributed by atoms with Crippen molar-refractivity contribution in [2.24, 2.45) is 0 Å². The topological polar surface area (TPSA) is 17.1 Å². The minimum absolute atomic E-state index is 0.579. The van der Waals surface area contributed by atoms with E-state index in [0.29, 0.717) is 15.6 Å². The number of benzene rings is 2. The number of aldehydes is 1. The fraction of sp³-hybridized carbons (Fsp3) is 0. The van der Waals surface area contributed by atoms with Crippen LogP contribution in [0.1, 0.15) is 10.4 Å². The molecule has 0 bridgehead atoms. The Morgan fingerprint density at radius 2 is 1.81 bits per heavy atom. The van der Waals surface area contributed by atoms with E-state index in [4.69, 9.17) is 23.2 Å². The summed E-state index contributed by atoms with van der Waals surface area (Å²) in [6.45, 7) is 0. The van der Waals surface area contributed by atoms with Gasteiger partial charge in [0.15, 0.2) is 0 Å². The van der Waals surface area contributed by atoms with Gasteiger partial charge in [0.05, 0.1) is 0 Å². The lowest BCUT2D eigenvalue weighted by atomic mass is 10.0. The standard InChI is InChI=1S/C13H8Cl2O/c14-11-4-5-12(13(15)7-11)10-3-1-2-9(6-10)8-16/h1-8H. The smallest absolute Gasteiger partial charge is 0.150 e. The van der Waals surface area contributed by atoms with E-state index in [1.807, 2.05) is 18.2 Å². The molecule has 2 rings (SSSR count). The van der Waals surface area contributed by atoms with Crippen LogP contribution in [0, 0.1) is 0 Å². The van der Waals surface area contributed by atoms with Crippen LogP contribution < -0.4 is 0 Å². The summed E-state index contributed by atoms with van der Waals surface area (Å²) in [5, 5.41) is 1.18. The highest BCUT2D eigenvalue weighted by atomic mass is 35.5. The molecule has 0 aliphatic heterocycles. The van der Waals surface area contributed by atoms with Crippen molar-refractivity contribution >= 4 is 29.5 Å². The average Bonchev–Trinajstić information content (AvgIpc) is 2.29. The molecule has 1 nitrogen and oxygen atoms in total. The molecule has 2 aromatic carbocycles. The fourth-order valence-electron chi connectivity index (χ4n) is 1.50. The summed E-state index contributed by atoms with van der Waals surface area (Å²) in [5.41, 5.74) is 2.41. The lowest BCUT2D eigenvalue weighted by Crippen LogP contribution is -1.83. The van der Waals surface area contributed by atoms with Gasteiger partial charge in [-0.25, -0.2) is 0 Å². The Bertz CT molecular complexity index is 535. The molecule has 0 fully saturated rings.